The maximum atomic E-state index is 12.4. The van der Waals surface area contributed by atoms with Gasteiger partial charge in [0.25, 0.3) is 0 Å². The van der Waals surface area contributed by atoms with E-state index in [1.807, 2.05) is 0 Å². The summed E-state index contributed by atoms with van der Waals surface area (Å²) in [7, 11) is 0. The lowest BCUT2D eigenvalue weighted by atomic mass is 10.0. The minimum Gasteiger partial charge on any atom is -0.465 e. The van der Waals surface area contributed by atoms with Gasteiger partial charge in [0.05, 0.1) is 16.6 Å². The third-order valence-corrected chi connectivity index (χ3v) is 6.55. The highest BCUT2D eigenvalue weighted by Crippen LogP contribution is 2.41. The zero-order valence-corrected chi connectivity index (χ0v) is 17.3. The van der Waals surface area contributed by atoms with Gasteiger partial charge in [0.1, 0.15) is 11.1 Å². The summed E-state index contributed by atoms with van der Waals surface area (Å²) in [5.74, 6) is 0.838. The van der Waals surface area contributed by atoms with Crippen LogP contribution in [0.2, 0.25) is 0 Å². The molecule has 0 radical (unpaired) electrons. The predicted molar refractivity (Wildman–Crippen MR) is 109 cm³/mol. The molecule has 29 heavy (non-hydrogen) atoms. The molecule has 2 aliphatic rings. The predicted octanol–water partition coefficient (Wildman–Crippen LogP) is 3.80. The van der Waals surface area contributed by atoms with Crippen molar-refractivity contribution in [2.45, 2.75) is 13.0 Å². The van der Waals surface area contributed by atoms with Crippen molar-refractivity contribution < 1.29 is 24.2 Å². The molecule has 0 fully saturated rings. The average Bonchev–Trinajstić information content (AvgIpc) is 3.31. The molecule has 1 aromatic heterocycles. The van der Waals surface area contributed by atoms with Crippen molar-refractivity contribution in [2.75, 3.05) is 18.7 Å². The molecule has 148 valence electrons. The lowest BCUT2D eigenvalue weighted by molar-refractivity contribution is -0.111. The van der Waals surface area contributed by atoms with E-state index in [1.165, 1.54) is 22.3 Å². The van der Waals surface area contributed by atoms with E-state index in [0.717, 1.165) is 16.0 Å². The summed E-state index contributed by atoms with van der Waals surface area (Å²) in [4.78, 5) is 25.7. The number of amides is 2. The smallest absolute Gasteiger partial charge is 0.407 e. The number of halogens is 1. The summed E-state index contributed by atoms with van der Waals surface area (Å²) in [6.07, 6.45) is 2.46. The van der Waals surface area contributed by atoms with E-state index in [1.54, 1.807) is 18.2 Å². The topological polar surface area (TPSA) is 112 Å². The summed E-state index contributed by atoms with van der Waals surface area (Å²) in [5.41, 5.74) is 1.96. The quantitative estimate of drug-likeness (QED) is 0.652. The number of nitriles is 1. The second-order valence-electron chi connectivity index (χ2n) is 6.30. The zero-order valence-electron chi connectivity index (χ0n) is 14.9. The molecule has 1 aromatic carbocycles. The molecule has 8 nitrogen and oxygen atoms in total. The largest absolute Gasteiger partial charge is 0.465 e. The van der Waals surface area contributed by atoms with Gasteiger partial charge in [0.15, 0.2) is 11.5 Å². The van der Waals surface area contributed by atoms with Gasteiger partial charge in [0, 0.05) is 17.5 Å². The minimum absolute atomic E-state index is 0.154. The lowest BCUT2D eigenvalue weighted by Crippen LogP contribution is -2.34. The number of nitrogens with one attached hydrogen (secondary N) is 1. The van der Waals surface area contributed by atoms with E-state index in [0.29, 0.717) is 39.5 Å². The number of hydrogen-bond acceptors (Lipinski definition) is 6. The van der Waals surface area contributed by atoms with Crippen molar-refractivity contribution >= 4 is 50.3 Å². The second kappa shape index (κ2) is 7.77. The molecular weight excluding hydrogens is 462 g/mol. The first kappa shape index (κ1) is 19.3. The van der Waals surface area contributed by atoms with Crippen molar-refractivity contribution in [2.24, 2.45) is 0 Å². The maximum absolute atomic E-state index is 12.4. The Morgan fingerprint density at radius 2 is 2.21 bits per heavy atom. The third kappa shape index (κ3) is 3.66. The summed E-state index contributed by atoms with van der Waals surface area (Å²) in [6.45, 7) is 0.708. The van der Waals surface area contributed by atoms with Crippen molar-refractivity contribution in [3.8, 4) is 17.6 Å². The van der Waals surface area contributed by atoms with Gasteiger partial charge >= 0.3 is 6.09 Å². The SMILES string of the molecule is N#Cc1c(NC(=O)C=Cc2ccc3c(c2Br)OCO3)sc2c1CCN(C(=O)O)C2. The lowest BCUT2D eigenvalue weighted by Gasteiger charge is -2.23. The number of carbonyl (C=O) groups is 2. The van der Waals surface area contributed by atoms with Crippen LogP contribution in [0.4, 0.5) is 9.80 Å². The van der Waals surface area contributed by atoms with Gasteiger partial charge in [-0.1, -0.05) is 0 Å². The first-order valence-electron chi connectivity index (χ1n) is 8.57. The van der Waals surface area contributed by atoms with E-state index >= 15 is 0 Å². The normalized spacial score (nSPS) is 14.6. The van der Waals surface area contributed by atoms with Crippen molar-refractivity contribution in [3.63, 3.8) is 0 Å². The molecule has 0 unspecified atom stereocenters. The van der Waals surface area contributed by atoms with Crippen LogP contribution in [0.3, 0.4) is 0 Å². The van der Waals surface area contributed by atoms with Crippen LogP contribution < -0.4 is 14.8 Å². The Balaban J connectivity index is 1.52. The minimum atomic E-state index is -0.995. The van der Waals surface area contributed by atoms with Crippen LogP contribution in [-0.4, -0.2) is 35.3 Å². The molecule has 0 saturated carbocycles. The number of rotatable bonds is 3. The molecular formula is C19H14BrN3O5S. The number of carbonyl (C=O) groups excluding carboxylic acids is 1. The van der Waals surface area contributed by atoms with Gasteiger partial charge in [0.2, 0.25) is 12.7 Å². The molecule has 0 spiro atoms. The van der Waals surface area contributed by atoms with Crippen LogP contribution in [0.5, 0.6) is 11.5 Å². The van der Waals surface area contributed by atoms with Gasteiger partial charge < -0.3 is 24.8 Å². The van der Waals surface area contributed by atoms with Gasteiger partial charge in [-0.2, -0.15) is 5.26 Å². The molecule has 2 N–H and O–H groups in total. The maximum Gasteiger partial charge on any atom is 0.407 e. The number of anilines is 1. The zero-order chi connectivity index (χ0) is 20.5. The molecule has 0 bridgehead atoms. The fourth-order valence-electron chi connectivity index (χ4n) is 3.17. The first-order valence-corrected chi connectivity index (χ1v) is 10.2. The number of benzene rings is 1. The number of carboxylic acid groups (broad SMARTS) is 1. The van der Waals surface area contributed by atoms with E-state index in [2.05, 4.69) is 27.3 Å². The molecule has 3 heterocycles. The highest BCUT2D eigenvalue weighted by atomic mass is 79.9. The van der Waals surface area contributed by atoms with Crippen molar-refractivity contribution in [3.05, 3.63) is 44.2 Å². The molecule has 0 atom stereocenters. The van der Waals surface area contributed by atoms with Gasteiger partial charge in [-0.05, 0) is 51.7 Å². The Morgan fingerprint density at radius 3 is 2.97 bits per heavy atom. The number of nitrogens with zero attached hydrogens (tertiary/aromatic N) is 2. The second-order valence-corrected chi connectivity index (χ2v) is 8.20. The Bertz CT molecular complexity index is 1090. The fraction of sp³-hybridized carbons (Fsp3) is 0.211. The number of hydrogen-bond donors (Lipinski definition) is 2. The molecule has 0 aliphatic carbocycles. The van der Waals surface area contributed by atoms with Crippen molar-refractivity contribution in [1.29, 1.82) is 5.26 Å². The van der Waals surface area contributed by atoms with Crippen LogP contribution in [0.25, 0.3) is 6.08 Å². The molecule has 2 aromatic rings. The first-order chi connectivity index (χ1) is 14.0. The third-order valence-electron chi connectivity index (χ3n) is 4.60. The summed E-state index contributed by atoms with van der Waals surface area (Å²) in [6, 6.07) is 5.69. The standard InChI is InChI=1S/C19H14BrN3O5S/c20-16-10(1-3-13-17(16)28-9-27-13)2-4-15(24)22-18-12(7-21)11-5-6-23(19(25)26)8-14(11)29-18/h1-4H,5-6,8-9H2,(H,22,24)(H,25,26). The molecule has 0 saturated heterocycles. The van der Waals surface area contributed by atoms with Crippen LogP contribution in [0, 0.1) is 11.3 Å². The highest BCUT2D eigenvalue weighted by Gasteiger charge is 2.27. The van der Waals surface area contributed by atoms with Crippen LogP contribution in [0.1, 0.15) is 21.6 Å². The van der Waals surface area contributed by atoms with Crippen molar-refractivity contribution in [1.82, 2.24) is 4.90 Å². The Kier molecular flexibility index (Phi) is 5.17. The van der Waals surface area contributed by atoms with Gasteiger partial charge in [-0.3, -0.25) is 4.79 Å². The molecule has 2 aliphatic heterocycles. The van der Waals surface area contributed by atoms with E-state index in [-0.39, 0.29) is 19.2 Å². The van der Waals surface area contributed by atoms with Crippen LogP contribution >= 0.6 is 27.3 Å². The van der Waals surface area contributed by atoms with E-state index in [4.69, 9.17) is 14.6 Å². The van der Waals surface area contributed by atoms with Gasteiger partial charge in [-0.25, -0.2) is 4.79 Å². The number of fused-ring (bicyclic) bond motifs is 2. The average molecular weight is 476 g/mol. The highest BCUT2D eigenvalue weighted by molar-refractivity contribution is 9.10. The molecule has 4 rings (SSSR count). The Morgan fingerprint density at radius 1 is 1.38 bits per heavy atom. The van der Waals surface area contributed by atoms with E-state index in [9.17, 15) is 14.9 Å². The van der Waals surface area contributed by atoms with Gasteiger partial charge in [-0.15, -0.1) is 11.3 Å². The summed E-state index contributed by atoms with van der Waals surface area (Å²) >= 11 is 4.68. The van der Waals surface area contributed by atoms with Crippen LogP contribution in [0.15, 0.2) is 22.7 Å². The summed E-state index contributed by atoms with van der Waals surface area (Å²) < 4.78 is 11.4. The Hall–Kier alpha value is -3.03. The molecule has 10 heteroatoms. The monoisotopic (exact) mass is 475 g/mol. The van der Waals surface area contributed by atoms with E-state index < -0.39 is 6.09 Å². The number of thiophene rings is 1. The summed E-state index contributed by atoms with van der Waals surface area (Å²) in [5, 5.41) is 21.9. The Labute approximate surface area is 178 Å². The number of ether oxygens (including phenoxy) is 2. The fourth-order valence-corrected chi connectivity index (χ4v) is 4.97. The molecule has 2 amide bonds. The van der Waals surface area contributed by atoms with Crippen LogP contribution in [-0.2, 0) is 17.8 Å².